The molecular weight excluding hydrogens is 262 g/mol. The number of hydrogen-bond acceptors (Lipinski definition) is 3. The predicted molar refractivity (Wildman–Crippen MR) is 82.6 cm³/mol. The summed E-state index contributed by atoms with van der Waals surface area (Å²) in [6.45, 7) is 5.46. The first kappa shape index (κ1) is 14.3. The van der Waals surface area contributed by atoms with E-state index in [2.05, 4.69) is 35.2 Å². The molecule has 3 heteroatoms. The quantitative estimate of drug-likeness (QED) is 0.629. The fourth-order valence-electron chi connectivity index (χ4n) is 3.69. The highest BCUT2D eigenvalue weighted by atomic mass is 16.5. The van der Waals surface area contributed by atoms with Gasteiger partial charge in [0.2, 0.25) is 0 Å². The Morgan fingerprint density at radius 2 is 1.90 bits per heavy atom. The third-order valence-corrected chi connectivity index (χ3v) is 4.58. The average molecular weight is 285 g/mol. The molecule has 0 spiro atoms. The Balaban J connectivity index is 1.65. The van der Waals surface area contributed by atoms with E-state index in [4.69, 9.17) is 4.74 Å². The van der Waals surface area contributed by atoms with E-state index in [0.29, 0.717) is 18.4 Å². The number of hydrogen-bond donors (Lipinski definition) is 0. The van der Waals surface area contributed by atoms with Gasteiger partial charge in [-0.25, -0.2) is 4.79 Å². The Morgan fingerprint density at radius 3 is 2.52 bits per heavy atom. The summed E-state index contributed by atoms with van der Waals surface area (Å²) in [5, 5.41) is 0. The minimum atomic E-state index is -0.166. The lowest BCUT2D eigenvalue weighted by molar-refractivity contribution is -0.137. The third kappa shape index (κ3) is 3.35. The number of nitrogens with zero attached hydrogens (tertiary/aromatic N) is 1. The van der Waals surface area contributed by atoms with Crippen molar-refractivity contribution >= 4 is 5.97 Å². The second kappa shape index (κ2) is 6.44. The summed E-state index contributed by atoms with van der Waals surface area (Å²) in [5.74, 6) is 0.912. The van der Waals surface area contributed by atoms with Gasteiger partial charge < -0.3 is 4.74 Å². The van der Waals surface area contributed by atoms with Crippen LogP contribution in [0.3, 0.4) is 0 Å². The van der Waals surface area contributed by atoms with Gasteiger partial charge in [-0.3, -0.25) is 4.90 Å². The van der Waals surface area contributed by atoms with Gasteiger partial charge >= 0.3 is 5.97 Å². The lowest BCUT2D eigenvalue weighted by Gasteiger charge is -2.34. The van der Waals surface area contributed by atoms with Crippen molar-refractivity contribution in [3.63, 3.8) is 0 Å². The highest BCUT2D eigenvalue weighted by Gasteiger charge is 2.37. The van der Waals surface area contributed by atoms with Gasteiger partial charge in [-0.2, -0.15) is 0 Å². The predicted octanol–water partition coefficient (Wildman–Crippen LogP) is 3.02. The first-order valence-corrected chi connectivity index (χ1v) is 7.90. The molecule has 2 aliphatic rings. The minimum absolute atomic E-state index is 0.166. The van der Waals surface area contributed by atoms with E-state index in [9.17, 15) is 4.79 Å². The fourth-order valence-corrected chi connectivity index (χ4v) is 3.69. The molecule has 21 heavy (non-hydrogen) atoms. The summed E-state index contributed by atoms with van der Waals surface area (Å²) >= 11 is 0. The van der Waals surface area contributed by atoms with Crippen LogP contribution in [0.5, 0.6) is 0 Å². The van der Waals surface area contributed by atoms with Crippen LogP contribution in [0.1, 0.15) is 25.3 Å². The van der Waals surface area contributed by atoms with Crippen LogP contribution in [-0.4, -0.2) is 30.6 Å². The Hall–Kier alpha value is -1.61. The topological polar surface area (TPSA) is 29.5 Å². The number of carbonyl (C=O) groups is 1. The molecule has 1 heterocycles. The number of likely N-dealkylation sites (tertiary alicyclic amines) is 1. The van der Waals surface area contributed by atoms with Crippen LogP contribution >= 0.6 is 0 Å². The number of ether oxygens (including phenoxy) is 1. The van der Waals surface area contributed by atoms with E-state index in [-0.39, 0.29) is 5.97 Å². The van der Waals surface area contributed by atoms with Crippen molar-refractivity contribution in [1.82, 2.24) is 4.90 Å². The van der Waals surface area contributed by atoms with Gasteiger partial charge in [0.15, 0.2) is 0 Å². The lowest BCUT2D eigenvalue weighted by Crippen LogP contribution is -2.37. The van der Waals surface area contributed by atoms with Crippen LogP contribution < -0.4 is 0 Å². The van der Waals surface area contributed by atoms with Crippen LogP contribution in [0.25, 0.3) is 0 Å². The van der Waals surface area contributed by atoms with Crippen LogP contribution in [0, 0.1) is 11.8 Å². The third-order valence-electron chi connectivity index (χ3n) is 4.58. The Morgan fingerprint density at radius 1 is 1.24 bits per heavy atom. The zero-order valence-electron chi connectivity index (χ0n) is 12.6. The lowest BCUT2D eigenvalue weighted by atomic mass is 9.91. The smallest absolute Gasteiger partial charge is 0.330 e. The maximum absolute atomic E-state index is 11.7. The summed E-state index contributed by atoms with van der Waals surface area (Å²) in [6, 6.07) is 10.6. The molecule has 3 nitrogen and oxygen atoms in total. The minimum Gasteiger partial charge on any atom is -0.463 e. The number of esters is 1. The molecule has 0 radical (unpaired) electrons. The molecule has 1 saturated carbocycles. The molecule has 1 aliphatic heterocycles. The van der Waals surface area contributed by atoms with E-state index in [1.807, 2.05) is 6.92 Å². The molecule has 0 unspecified atom stereocenters. The number of rotatable bonds is 4. The summed E-state index contributed by atoms with van der Waals surface area (Å²) in [4.78, 5) is 14.2. The molecule has 1 saturated heterocycles. The number of benzene rings is 1. The van der Waals surface area contributed by atoms with Crippen molar-refractivity contribution in [3.8, 4) is 0 Å². The fraction of sp³-hybridized carbons (Fsp3) is 0.500. The molecule has 2 atom stereocenters. The molecule has 2 fully saturated rings. The van der Waals surface area contributed by atoms with Crippen molar-refractivity contribution in [3.05, 3.63) is 47.5 Å². The van der Waals surface area contributed by atoms with E-state index in [0.717, 1.165) is 19.6 Å². The largest absolute Gasteiger partial charge is 0.463 e. The van der Waals surface area contributed by atoms with Gasteiger partial charge in [-0.15, -0.1) is 0 Å². The Bertz CT molecular complexity index is 507. The zero-order valence-corrected chi connectivity index (χ0v) is 12.6. The molecule has 0 amide bonds. The van der Waals surface area contributed by atoms with Crippen LogP contribution in [0.15, 0.2) is 42.0 Å². The highest BCUT2D eigenvalue weighted by Crippen LogP contribution is 2.41. The molecular formula is C18H23NO2. The normalized spacial score (nSPS) is 24.9. The number of fused-ring (bicyclic) bond motifs is 2. The SMILES string of the molecule is CCOC(=O)C=C1[C@H]2CC[C@H]1CN(Cc1ccccc1)C2. The van der Waals surface area contributed by atoms with Gasteiger partial charge in [0.1, 0.15) is 0 Å². The molecule has 0 N–H and O–H groups in total. The monoisotopic (exact) mass is 285 g/mol. The van der Waals surface area contributed by atoms with Gasteiger partial charge in [0, 0.05) is 25.7 Å². The first-order chi connectivity index (χ1) is 10.3. The maximum atomic E-state index is 11.7. The number of piperidine rings is 1. The van der Waals surface area contributed by atoms with Crippen LogP contribution in [-0.2, 0) is 16.1 Å². The summed E-state index contributed by atoms with van der Waals surface area (Å²) in [5.41, 5.74) is 2.70. The molecule has 2 bridgehead atoms. The van der Waals surface area contributed by atoms with Crippen molar-refractivity contribution < 1.29 is 9.53 Å². The molecule has 1 aromatic carbocycles. The number of carbonyl (C=O) groups excluding carboxylic acids is 1. The summed E-state index contributed by atoms with van der Waals surface area (Å²) < 4.78 is 5.06. The molecule has 112 valence electrons. The van der Waals surface area contributed by atoms with Gasteiger partial charge in [0.25, 0.3) is 0 Å². The van der Waals surface area contributed by atoms with Gasteiger partial charge in [-0.05, 0) is 37.2 Å². The first-order valence-electron chi connectivity index (χ1n) is 7.90. The standard InChI is InChI=1S/C18H23NO2/c1-2-21-18(20)10-17-15-8-9-16(17)13-19(12-15)11-14-6-4-3-5-7-14/h3-7,10,15-16H,2,8-9,11-13H2,1H3/t15-,16-/m0/s1. The van der Waals surface area contributed by atoms with E-state index in [1.54, 1.807) is 6.08 Å². The highest BCUT2D eigenvalue weighted by molar-refractivity contribution is 5.83. The van der Waals surface area contributed by atoms with Gasteiger partial charge in [-0.1, -0.05) is 35.9 Å². The Kier molecular flexibility index (Phi) is 4.39. The van der Waals surface area contributed by atoms with Gasteiger partial charge in [0.05, 0.1) is 6.61 Å². The molecule has 1 aliphatic carbocycles. The zero-order chi connectivity index (χ0) is 14.7. The Labute approximate surface area is 126 Å². The van der Waals surface area contributed by atoms with Crippen LogP contribution in [0.4, 0.5) is 0 Å². The van der Waals surface area contributed by atoms with Crippen LogP contribution in [0.2, 0.25) is 0 Å². The summed E-state index contributed by atoms with van der Waals surface area (Å²) in [7, 11) is 0. The second-order valence-electron chi connectivity index (χ2n) is 6.05. The van der Waals surface area contributed by atoms with Crippen molar-refractivity contribution in [1.29, 1.82) is 0 Å². The molecule has 0 aromatic heterocycles. The second-order valence-corrected chi connectivity index (χ2v) is 6.05. The van der Waals surface area contributed by atoms with Crippen molar-refractivity contribution in [2.45, 2.75) is 26.3 Å². The van der Waals surface area contributed by atoms with Crippen molar-refractivity contribution in [2.75, 3.05) is 19.7 Å². The van der Waals surface area contributed by atoms with Crippen molar-refractivity contribution in [2.24, 2.45) is 11.8 Å². The van der Waals surface area contributed by atoms with E-state index in [1.165, 1.54) is 24.0 Å². The molecule has 3 rings (SSSR count). The molecule has 1 aromatic rings. The van der Waals surface area contributed by atoms with E-state index < -0.39 is 0 Å². The van der Waals surface area contributed by atoms with E-state index >= 15 is 0 Å². The summed E-state index contributed by atoms with van der Waals surface area (Å²) in [6.07, 6.45) is 4.19. The average Bonchev–Trinajstić information content (AvgIpc) is 2.71. The maximum Gasteiger partial charge on any atom is 0.330 e.